The molecule has 5 nitrogen and oxygen atoms in total. The van der Waals surface area contributed by atoms with Gasteiger partial charge in [0, 0.05) is 12.6 Å². The van der Waals surface area contributed by atoms with Crippen LogP contribution in [0.5, 0.6) is 0 Å². The first-order valence-corrected chi connectivity index (χ1v) is 7.58. The number of aliphatic hydroxyl groups excluding tert-OH is 1. The van der Waals surface area contributed by atoms with Crippen molar-refractivity contribution in [2.45, 2.75) is 40.3 Å². The summed E-state index contributed by atoms with van der Waals surface area (Å²) in [5, 5.41) is 13.8. The first kappa shape index (κ1) is 16.6. The highest BCUT2D eigenvalue weighted by Crippen LogP contribution is 2.25. The molecule has 0 saturated carbocycles. The summed E-state index contributed by atoms with van der Waals surface area (Å²) in [7, 11) is 2.06. The van der Waals surface area contributed by atoms with Crippen molar-refractivity contribution in [3.05, 3.63) is 42.0 Å². The van der Waals surface area contributed by atoms with E-state index in [1.54, 1.807) is 11.0 Å². The largest absolute Gasteiger partial charge is 0.395 e. The minimum absolute atomic E-state index is 0.0409. The van der Waals surface area contributed by atoms with Crippen molar-refractivity contribution in [3.63, 3.8) is 0 Å². The van der Waals surface area contributed by atoms with Gasteiger partial charge in [-0.2, -0.15) is 5.10 Å². The van der Waals surface area contributed by atoms with Crippen molar-refractivity contribution < 1.29 is 5.11 Å². The predicted octanol–water partition coefficient (Wildman–Crippen LogP) is 2.41. The molecule has 0 aliphatic heterocycles. The molecule has 22 heavy (non-hydrogen) atoms. The van der Waals surface area contributed by atoms with Gasteiger partial charge in [0.05, 0.1) is 12.3 Å². The van der Waals surface area contributed by atoms with Crippen LogP contribution in [-0.4, -0.2) is 44.5 Å². The Kier molecular flexibility index (Phi) is 4.98. The van der Waals surface area contributed by atoms with Crippen LogP contribution in [0.4, 0.5) is 0 Å². The SMILES string of the molecule is Cc1cc(CN(C)C(CO)C(C)(C)C)ccc1-n1cncn1. The zero-order valence-electron chi connectivity index (χ0n) is 14.1. The third-order valence-electron chi connectivity index (χ3n) is 4.06. The zero-order valence-corrected chi connectivity index (χ0v) is 14.1. The summed E-state index contributed by atoms with van der Waals surface area (Å²) in [6, 6.07) is 6.48. The minimum Gasteiger partial charge on any atom is -0.395 e. The number of hydrogen-bond acceptors (Lipinski definition) is 4. The van der Waals surface area contributed by atoms with E-state index in [1.165, 1.54) is 11.9 Å². The molecule has 0 aliphatic rings. The van der Waals surface area contributed by atoms with Crippen LogP contribution in [-0.2, 0) is 6.54 Å². The molecule has 1 atom stereocenters. The van der Waals surface area contributed by atoms with E-state index in [0.717, 1.165) is 17.8 Å². The molecule has 5 heteroatoms. The van der Waals surface area contributed by atoms with Gasteiger partial charge in [-0.05, 0) is 36.6 Å². The normalized spacial score (nSPS) is 13.6. The van der Waals surface area contributed by atoms with E-state index in [1.807, 2.05) is 0 Å². The van der Waals surface area contributed by atoms with E-state index >= 15 is 0 Å². The number of aryl methyl sites for hydroxylation is 1. The van der Waals surface area contributed by atoms with Gasteiger partial charge in [-0.15, -0.1) is 0 Å². The van der Waals surface area contributed by atoms with Crippen molar-refractivity contribution in [3.8, 4) is 5.69 Å². The number of hydrogen-bond donors (Lipinski definition) is 1. The van der Waals surface area contributed by atoms with Gasteiger partial charge in [-0.25, -0.2) is 9.67 Å². The third kappa shape index (κ3) is 3.72. The molecule has 0 amide bonds. The lowest BCUT2D eigenvalue weighted by atomic mass is 9.86. The van der Waals surface area contributed by atoms with Crippen LogP contribution in [0.15, 0.2) is 30.9 Å². The summed E-state index contributed by atoms with van der Waals surface area (Å²) in [4.78, 5) is 6.20. The number of likely N-dealkylation sites (N-methyl/N-ethyl adjacent to an activating group) is 1. The third-order valence-corrected chi connectivity index (χ3v) is 4.06. The van der Waals surface area contributed by atoms with Crippen LogP contribution in [0.3, 0.4) is 0 Å². The van der Waals surface area contributed by atoms with Crippen molar-refractivity contribution >= 4 is 0 Å². The lowest BCUT2D eigenvalue weighted by Gasteiger charge is -2.37. The molecule has 0 fully saturated rings. The topological polar surface area (TPSA) is 54.2 Å². The lowest BCUT2D eigenvalue weighted by molar-refractivity contribution is 0.0614. The Labute approximate surface area is 132 Å². The van der Waals surface area contributed by atoms with Crippen molar-refractivity contribution in [1.29, 1.82) is 0 Å². The first-order valence-electron chi connectivity index (χ1n) is 7.58. The first-order chi connectivity index (χ1) is 10.3. The molecule has 0 spiro atoms. The van der Waals surface area contributed by atoms with Gasteiger partial charge < -0.3 is 5.11 Å². The van der Waals surface area contributed by atoms with Gasteiger partial charge >= 0.3 is 0 Å². The molecule has 0 aliphatic carbocycles. The summed E-state index contributed by atoms with van der Waals surface area (Å²) in [6.07, 6.45) is 3.24. The highest BCUT2D eigenvalue weighted by Gasteiger charge is 2.27. The van der Waals surface area contributed by atoms with E-state index in [9.17, 15) is 5.11 Å². The fourth-order valence-corrected chi connectivity index (χ4v) is 2.88. The maximum absolute atomic E-state index is 9.67. The van der Waals surface area contributed by atoms with Crippen molar-refractivity contribution in [1.82, 2.24) is 19.7 Å². The standard InChI is InChI=1S/C17H26N4O/c1-13-8-14(6-7-15(13)21-12-18-11-19-21)9-20(5)16(10-22)17(2,3)4/h6-8,11-12,16,22H,9-10H2,1-5H3. The molecular weight excluding hydrogens is 276 g/mol. The van der Waals surface area contributed by atoms with E-state index in [0.29, 0.717) is 0 Å². The molecule has 1 unspecified atom stereocenters. The summed E-state index contributed by atoms with van der Waals surface area (Å²) >= 11 is 0. The smallest absolute Gasteiger partial charge is 0.138 e. The molecule has 0 saturated heterocycles. The number of aromatic nitrogens is 3. The Morgan fingerprint density at radius 3 is 2.55 bits per heavy atom. The second-order valence-corrected chi connectivity index (χ2v) is 6.94. The number of nitrogens with zero attached hydrogens (tertiary/aromatic N) is 4. The summed E-state index contributed by atoms with van der Waals surface area (Å²) in [6.45, 7) is 9.52. The summed E-state index contributed by atoms with van der Waals surface area (Å²) in [5.41, 5.74) is 3.47. The van der Waals surface area contributed by atoms with Gasteiger partial charge in [0.15, 0.2) is 0 Å². The van der Waals surface area contributed by atoms with Crippen LogP contribution in [0.2, 0.25) is 0 Å². The molecular formula is C17H26N4O. The summed E-state index contributed by atoms with van der Waals surface area (Å²) < 4.78 is 1.77. The van der Waals surface area contributed by atoms with Crippen LogP contribution in [0.1, 0.15) is 31.9 Å². The van der Waals surface area contributed by atoms with Crippen LogP contribution in [0.25, 0.3) is 5.69 Å². The average molecular weight is 302 g/mol. The Morgan fingerprint density at radius 1 is 1.32 bits per heavy atom. The van der Waals surface area contributed by atoms with Crippen molar-refractivity contribution in [2.24, 2.45) is 5.41 Å². The maximum atomic E-state index is 9.67. The van der Waals surface area contributed by atoms with E-state index < -0.39 is 0 Å². The summed E-state index contributed by atoms with van der Waals surface area (Å²) in [5.74, 6) is 0. The molecule has 0 bridgehead atoms. The van der Waals surface area contributed by atoms with Gasteiger partial charge in [-0.3, -0.25) is 4.90 Å². The average Bonchev–Trinajstić information content (AvgIpc) is 2.91. The fourth-order valence-electron chi connectivity index (χ4n) is 2.88. The zero-order chi connectivity index (χ0) is 16.3. The predicted molar refractivity (Wildman–Crippen MR) is 87.9 cm³/mol. The van der Waals surface area contributed by atoms with Crippen LogP contribution < -0.4 is 0 Å². The molecule has 120 valence electrons. The number of aliphatic hydroxyl groups is 1. The Bertz CT molecular complexity index is 602. The highest BCUT2D eigenvalue weighted by atomic mass is 16.3. The van der Waals surface area contributed by atoms with Crippen LogP contribution in [0, 0.1) is 12.3 Å². The van der Waals surface area contributed by atoms with E-state index in [4.69, 9.17) is 0 Å². The second-order valence-electron chi connectivity index (χ2n) is 6.94. The highest BCUT2D eigenvalue weighted by molar-refractivity contribution is 5.41. The van der Waals surface area contributed by atoms with Crippen molar-refractivity contribution in [2.75, 3.05) is 13.7 Å². The Morgan fingerprint density at radius 2 is 2.05 bits per heavy atom. The quantitative estimate of drug-likeness (QED) is 0.921. The van der Waals surface area contributed by atoms with E-state index in [-0.39, 0.29) is 18.1 Å². The molecule has 2 aromatic rings. The Hall–Kier alpha value is -1.72. The van der Waals surface area contributed by atoms with Gasteiger partial charge in [-0.1, -0.05) is 32.9 Å². The number of rotatable bonds is 5. The lowest BCUT2D eigenvalue weighted by Crippen LogP contribution is -2.43. The van der Waals surface area contributed by atoms with E-state index in [2.05, 4.69) is 67.9 Å². The molecule has 0 radical (unpaired) electrons. The molecule has 1 aromatic heterocycles. The Balaban J connectivity index is 2.16. The molecule has 1 N–H and O–H groups in total. The molecule has 2 rings (SSSR count). The van der Waals surface area contributed by atoms with Gasteiger partial charge in [0.2, 0.25) is 0 Å². The molecule has 1 aromatic carbocycles. The minimum atomic E-state index is 0.0409. The second kappa shape index (κ2) is 6.58. The monoisotopic (exact) mass is 302 g/mol. The fraction of sp³-hybridized carbons (Fsp3) is 0.529. The molecule has 1 heterocycles. The number of benzene rings is 1. The maximum Gasteiger partial charge on any atom is 0.138 e. The van der Waals surface area contributed by atoms with Gasteiger partial charge in [0.1, 0.15) is 12.7 Å². The van der Waals surface area contributed by atoms with Crippen LogP contribution >= 0.6 is 0 Å². The van der Waals surface area contributed by atoms with Gasteiger partial charge in [0.25, 0.3) is 0 Å².